The number of carboxylic acid groups (broad SMARTS) is 1. The van der Waals surface area contributed by atoms with Crippen molar-refractivity contribution in [2.75, 3.05) is 32.5 Å². The van der Waals surface area contributed by atoms with Crippen molar-refractivity contribution in [2.45, 2.75) is 49.6 Å². The number of benzene rings is 2. The Bertz CT molecular complexity index is 1210. The second-order valence-electron chi connectivity index (χ2n) is 10.0. The van der Waals surface area contributed by atoms with Gasteiger partial charge in [0.2, 0.25) is 0 Å². The van der Waals surface area contributed by atoms with E-state index in [-0.39, 0.29) is 12.3 Å². The molecule has 0 aliphatic carbocycles. The van der Waals surface area contributed by atoms with Crippen LogP contribution in [0.5, 0.6) is 5.75 Å². The highest BCUT2D eigenvalue weighted by atomic mass is 35.5. The number of carbonyl (C=O) groups is 1. The van der Waals surface area contributed by atoms with Gasteiger partial charge >= 0.3 is 5.97 Å². The molecular formula is C30H36ClFN2O3S. The lowest BCUT2D eigenvalue weighted by atomic mass is 9.79. The molecule has 1 saturated heterocycles. The number of likely N-dealkylation sites (tertiary alicyclic amines) is 1. The van der Waals surface area contributed by atoms with Crippen LogP contribution >= 0.6 is 23.4 Å². The standard InChI is InChI=1S/C30H36ClFN2O3S/c1-37-23-9-11-28-25(19-23)24(13-15-33-28)27(32)10-7-21-14-17-34(20-22(21)8-12-30(35)36)16-4-18-38-29-6-3-2-5-26(29)31/h2-3,5-6,9,11,13,15,19,21-22,27H,4,7-8,10,12,14,16-18,20H2,1H3,(H,35,36)/t21?,22?,27-/m0/s1. The van der Waals surface area contributed by atoms with Crippen LogP contribution in [-0.2, 0) is 4.79 Å². The highest BCUT2D eigenvalue weighted by Crippen LogP contribution is 2.37. The molecule has 0 bridgehead atoms. The number of ether oxygens (including phenoxy) is 1. The third-order valence-corrected chi connectivity index (χ3v) is 9.13. The van der Waals surface area contributed by atoms with Gasteiger partial charge in [-0.1, -0.05) is 23.7 Å². The van der Waals surface area contributed by atoms with E-state index in [9.17, 15) is 9.90 Å². The van der Waals surface area contributed by atoms with E-state index in [1.807, 2.05) is 42.5 Å². The smallest absolute Gasteiger partial charge is 0.303 e. The molecule has 3 atom stereocenters. The Hall–Kier alpha value is -2.35. The molecule has 5 nitrogen and oxygen atoms in total. The van der Waals surface area contributed by atoms with Crippen molar-refractivity contribution in [3.63, 3.8) is 0 Å². The van der Waals surface area contributed by atoms with E-state index in [4.69, 9.17) is 16.3 Å². The number of thioether (sulfide) groups is 1. The second-order valence-corrected chi connectivity index (χ2v) is 11.5. The molecule has 0 amide bonds. The zero-order valence-corrected chi connectivity index (χ0v) is 23.4. The molecule has 2 heterocycles. The zero-order chi connectivity index (χ0) is 26.9. The first-order valence-electron chi connectivity index (χ1n) is 13.3. The van der Waals surface area contributed by atoms with Crippen molar-refractivity contribution in [2.24, 2.45) is 11.8 Å². The Kier molecular flexibility index (Phi) is 10.7. The van der Waals surface area contributed by atoms with Gasteiger partial charge in [-0.15, -0.1) is 11.8 Å². The minimum absolute atomic E-state index is 0.158. The number of halogens is 2. The minimum Gasteiger partial charge on any atom is -0.497 e. The molecule has 38 heavy (non-hydrogen) atoms. The van der Waals surface area contributed by atoms with Crippen LogP contribution in [0.2, 0.25) is 5.02 Å². The molecule has 1 aromatic heterocycles. The molecule has 204 valence electrons. The van der Waals surface area contributed by atoms with Crippen LogP contribution in [-0.4, -0.2) is 53.5 Å². The zero-order valence-electron chi connectivity index (χ0n) is 21.8. The third-order valence-electron chi connectivity index (χ3n) is 7.53. The van der Waals surface area contributed by atoms with Gasteiger partial charge in [-0.3, -0.25) is 9.78 Å². The summed E-state index contributed by atoms with van der Waals surface area (Å²) < 4.78 is 20.9. The molecule has 4 rings (SSSR count). The van der Waals surface area contributed by atoms with Crippen LogP contribution in [0, 0.1) is 11.8 Å². The minimum atomic E-state index is -1.10. The Morgan fingerprint density at radius 3 is 2.87 bits per heavy atom. The van der Waals surface area contributed by atoms with E-state index < -0.39 is 12.1 Å². The van der Waals surface area contributed by atoms with Gasteiger partial charge in [-0.2, -0.15) is 0 Å². The fourth-order valence-electron chi connectivity index (χ4n) is 5.47. The van der Waals surface area contributed by atoms with E-state index in [2.05, 4.69) is 9.88 Å². The first kappa shape index (κ1) is 28.7. The predicted octanol–water partition coefficient (Wildman–Crippen LogP) is 7.67. The number of hydrogen-bond donors (Lipinski definition) is 1. The molecule has 8 heteroatoms. The number of piperidine rings is 1. The molecule has 1 N–H and O–H groups in total. The molecule has 0 saturated carbocycles. The summed E-state index contributed by atoms with van der Waals surface area (Å²) in [4.78, 5) is 19.3. The first-order chi connectivity index (χ1) is 18.4. The summed E-state index contributed by atoms with van der Waals surface area (Å²) in [6.07, 6.45) is 4.52. The largest absolute Gasteiger partial charge is 0.497 e. The lowest BCUT2D eigenvalue weighted by Crippen LogP contribution is -2.41. The number of aliphatic carboxylic acids is 1. The second kappa shape index (κ2) is 14.2. The lowest BCUT2D eigenvalue weighted by molar-refractivity contribution is -0.137. The Morgan fingerprint density at radius 2 is 2.08 bits per heavy atom. The Balaban J connectivity index is 1.32. The molecule has 1 fully saturated rings. The fraction of sp³-hybridized carbons (Fsp3) is 0.467. The summed E-state index contributed by atoms with van der Waals surface area (Å²) in [5.41, 5.74) is 1.40. The maximum Gasteiger partial charge on any atom is 0.303 e. The topological polar surface area (TPSA) is 62.7 Å². The summed E-state index contributed by atoms with van der Waals surface area (Å²) in [6.45, 7) is 2.82. The van der Waals surface area contributed by atoms with Gasteiger partial charge in [-0.05, 0) is 105 Å². The summed E-state index contributed by atoms with van der Waals surface area (Å²) in [7, 11) is 1.60. The normalized spacial score (nSPS) is 18.9. The van der Waals surface area contributed by atoms with Crippen molar-refractivity contribution in [1.29, 1.82) is 0 Å². The molecule has 2 aromatic carbocycles. The van der Waals surface area contributed by atoms with Gasteiger partial charge in [0.1, 0.15) is 11.9 Å². The monoisotopic (exact) mass is 558 g/mol. The predicted molar refractivity (Wildman–Crippen MR) is 153 cm³/mol. The molecule has 1 aliphatic heterocycles. The summed E-state index contributed by atoms with van der Waals surface area (Å²) in [5, 5.41) is 10.9. The number of alkyl halides is 1. The quantitative estimate of drug-likeness (QED) is 0.171. The van der Waals surface area contributed by atoms with Gasteiger partial charge in [0.25, 0.3) is 0 Å². The molecule has 0 spiro atoms. The summed E-state index contributed by atoms with van der Waals surface area (Å²) in [5.74, 6) is 1.49. The summed E-state index contributed by atoms with van der Waals surface area (Å²) in [6, 6.07) is 15.2. The number of hydrogen-bond acceptors (Lipinski definition) is 5. The van der Waals surface area contributed by atoms with E-state index in [0.29, 0.717) is 30.1 Å². The van der Waals surface area contributed by atoms with Gasteiger partial charge in [0.15, 0.2) is 0 Å². The average Bonchev–Trinajstić information content (AvgIpc) is 2.93. The van der Waals surface area contributed by atoms with E-state index in [1.54, 1.807) is 31.1 Å². The van der Waals surface area contributed by atoms with Crippen LogP contribution in [0.4, 0.5) is 4.39 Å². The molecule has 2 unspecified atom stereocenters. The number of aromatic nitrogens is 1. The highest BCUT2D eigenvalue weighted by Gasteiger charge is 2.30. The van der Waals surface area contributed by atoms with Gasteiger partial charge < -0.3 is 14.7 Å². The number of pyridine rings is 1. The van der Waals surface area contributed by atoms with Crippen molar-refractivity contribution < 1.29 is 19.0 Å². The number of rotatable bonds is 13. The number of nitrogens with zero attached hydrogens (tertiary/aromatic N) is 2. The van der Waals surface area contributed by atoms with E-state index in [1.165, 1.54) is 0 Å². The maximum absolute atomic E-state index is 15.6. The van der Waals surface area contributed by atoms with Crippen molar-refractivity contribution in [1.82, 2.24) is 9.88 Å². The maximum atomic E-state index is 15.6. The average molecular weight is 559 g/mol. The number of fused-ring (bicyclic) bond motifs is 1. The van der Waals surface area contributed by atoms with Gasteiger partial charge in [0.05, 0.1) is 17.6 Å². The fourth-order valence-corrected chi connectivity index (χ4v) is 6.64. The van der Waals surface area contributed by atoms with Crippen LogP contribution in [0.15, 0.2) is 59.6 Å². The molecule has 3 aromatic rings. The van der Waals surface area contributed by atoms with Crippen molar-refractivity contribution >= 4 is 40.2 Å². The van der Waals surface area contributed by atoms with Crippen LogP contribution in [0.3, 0.4) is 0 Å². The molecule has 1 aliphatic rings. The molecule has 0 radical (unpaired) electrons. The number of carboxylic acids is 1. The SMILES string of the molecule is COc1ccc2nccc([C@@H](F)CCC3CCN(CCCSc4ccccc4Cl)CC3CCC(=O)O)c2c1. The third kappa shape index (κ3) is 7.84. The van der Waals surface area contributed by atoms with Crippen LogP contribution in [0.1, 0.15) is 50.3 Å². The number of methoxy groups -OCH3 is 1. The highest BCUT2D eigenvalue weighted by molar-refractivity contribution is 7.99. The van der Waals surface area contributed by atoms with E-state index in [0.717, 1.165) is 65.5 Å². The lowest BCUT2D eigenvalue weighted by Gasteiger charge is -2.39. The Labute approximate surface area is 233 Å². The van der Waals surface area contributed by atoms with Crippen molar-refractivity contribution in [3.05, 3.63) is 65.3 Å². The van der Waals surface area contributed by atoms with Gasteiger partial charge in [0, 0.05) is 29.4 Å². The van der Waals surface area contributed by atoms with Gasteiger partial charge in [-0.25, -0.2) is 4.39 Å². The van der Waals surface area contributed by atoms with Crippen LogP contribution < -0.4 is 4.74 Å². The molecular weight excluding hydrogens is 523 g/mol. The van der Waals surface area contributed by atoms with Crippen LogP contribution in [0.25, 0.3) is 10.9 Å². The Morgan fingerprint density at radius 1 is 1.24 bits per heavy atom. The van der Waals surface area contributed by atoms with Crippen molar-refractivity contribution in [3.8, 4) is 5.75 Å². The summed E-state index contributed by atoms with van der Waals surface area (Å²) >= 11 is 8.04. The first-order valence-corrected chi connectivity index (χ1v) is 14.7. The van der Waals surface area contributed by atoms with E-state index >= 15 is 4.39 Å².